The number of rotatable bonds is 5. The van der Waals surface area contributed by atoms with Gasteiger partial charge in [0.05, 0.1) is 5.75 Å². The zero-order valence-electron chi connectivity index (χ0n) is 14.7. The molecule has 0 aliphatic carbocycles. The molecule has 26 heavy (non-hydrogen) atoms. The standard InChI is InChI=1S/C18H24N6OS/c19-17-20-18(22-21-17)26-12-16(25)24-10-14-6-7-15(11-24)23(9-14)8-13-4-2-1-3-5-13/h1-5,14-15H,6-12H2,(H3,19,20,21,22)/t14-,15-/m0/s1. The molecule has 3 saturated heterocycles. The molecule has 8 heteroatoms. The molecule has 4 heterocycles. The highest BCUT2D eigenvalue weighted by molar-refractivity contribution is 7.99. The fourth-order valence-corrected chi connectivity index (χ4v) is 4.64. The molecule has 1 aromatic heterocycles. The van der Waals surface area contributed by atoms with Crippen molar-refractivity contribution in [2.45, 2.75) is 30.6 Å². The molecule has 0 radical (unpaired) electrons. The number of H-pyrrole nitrogens is 1. The van der Waals surface area contributed by atoms with Gasteiger partial charge < -0.3 is 10.6 Å². The van der Waals surface area contributed by atoms with E-state index in [9.17, 15) is 4.79 Å². The number of carbonyl (C=O) groups is 1. The van der Waals surface area contributed by atoms with Gasteiger partial charge in [0.15, 0.2) is 0 Å². The Bertz CT molecular complexity index is 751. The van der Waals surface area contributed by atoms with Gasteiger partial charge in [-0.15, -0.1) is 5.10 Å². The number of aromatic amines is 1. The molecule has 3 aliphatic heterocycles. The van der Waals surface area contributed by atoms with Crippen molar-refractivity contribution in [2.24, 2.45) is 5.92 Å². The number of fused-ring (bicyclic) bond motifs is 4. The second-order valence-corrected chi connectivity index (χ2v) is 8.05. The molecule has 0 unspecified atom stereocenters. The molecule has 3 aliphatic rings. The number of nitrogen functional groups attached to an aromatic ring is 1. The van der Waals surface area contributed by atoms with Crippen molar-refractivity contribution in [1.29, 1.82) is 0 Å². The first-order chi connectivity index (χ1) is 12.7. The fraction of sp³-hybridized carbons (Fsp3) is 0.500. The van der Waals surface area contributed by atoms with E-state index in [0.29, 0.717) is 22.9 Å². The van der Waals surface area contributed by atoms with Crippen LogP contribution in [0.1, 0.15) is 18.4 Å². The van der Waals surface area contributed by atoms with Crippen LogP contribution in [0, 0.1) is 5.92 Å². The quantitative estimate of drug-likeness (QED) is 0.775. The molecule has 3 N–H and O–H groups in total. The van der Waals surface area contributed by atoms with E-state index in [1.165, 1.54) is 30.2 Å². The van der Waals surface area contributed by atoms with Crippen molar-refractivity contribution in [3.63, 3.8) is 0 Å². The van der Waals surface area contributed by atoms with Crippen molar-refractivity contribution < 1.29 is 4.79 Å². The van der Waals surface area contributed by atoms with Gasteiger partial charge in [0, 0.05) is 32.2 Å². The Morgan fingerprint density at radius 3 is 2.85 bits per heavy atom. The predicted octanol–water partition coefficient (Wildman–Crippen LogP) is 1.60. The summed E-state index contributed by atoms with van der Waals surface area (Å²) in [4.78, 5) is 21.3. The monoisotopic (exact) mass is 372 g/mol. The number of piperidine rings is 1. The number of aromatic nitrogens is 3. The number of nitrogens with zero attached hydrogens (tertiary/aromatic N) is 4. The summed E-state index contributed by atoms with van der Waals surface area (Å²) in [5.74, 6) is 1.36. The maximum Gasteiger partial charge on any atom is 0.233 e. The number of benzene rings is 1. The van der Waals surface area contributed by atoms with Crippen molar-refractivity contribution in [1.82, 2.24) is 25.0 Å². The summed E-state index contributed by atoms with van der Waals surface area (Å²) in [6.07, 6.45) is 2.39. The third kappa shape index (κ3) is 4.02. The van der Waals surface area contributed by atoms with Crippen LogP contribution in [0.15, 0.2) is 35.5 Å². The summed E-state index contributed by atoms with van der Waals surface area (Å²) in [5, 5.41) is 7.10. The smallest absolute Gasteiger partial charge is 0.233 e. The van der Waals surface area contributed by atoms with Gasteiger partial charge in [-0.2, -0.15) is 4.98 Å². The van der Waals surface area contributed by atoms with E-state index in [1.54, 1.807) is 0 Å². The van der Waals surface area contributed by atoms with Crippen LogP contribution in [0.4, 0.5) is 5.95 Å². The van der Waals surface area contributed by atoms with Gasteiger partial charge in [-0.3, -0.25) is 9.69 Å². The molecule has 1 amide bonds. The topological polar surface area (TPSA) is 91.1 Å². The normalized spacial score (nSPS) is 23.2. The van der Waals surface area contributed by atoms with E-state index in [2.05, 4.69) is 50.4 Å². The van der Waals surface area contributed by atoms with Gasteiger partial charge in [0.1, 0.15) is 0 Å². The number of carbonyl (C=O) groups excluding carboxylic acids is 1. The molecule has 0 saturated carbocycles. The van der Waals surface area contributed by atoms with Crippen LogP contribution in [0.2, 0.25) is 0 Å². The van der Waals surface area contributed by atoms with Gasteiger partial charge >= 0.3 is 0 Å². The highest BCUT2D eigenvalue weighted by Gasteiger charge is 2.36. The van der Waals surface area contributed by atoms with Crippen molar-refractivity contribution >= 4 is 23.6 Å². The van der Waals surface area contributed by atoms with Crippen LogP contribution in [-0.2, 0) is 11.3 Å². The summed E-state index contributed by atoms with van der Waals surface area (Å²) < 4.78 is 0. The van der Waals surface area contributed by atoms with E-state index in [1.807, 2.05) is 4.90 Å². The summed E-state index contributed by atoms with van der Waals surface area (Å²) in [6.45, 7) is 3.72. The number of thioether (sulfide) groups is 1. The maximum atomic E-state index is 12.7. The summed E-state index contributed by atoms with van der Waals surface area (Å²) in [6, 6.07) is 11.0. The first kappa shape index (κ1) is 17.4. The predicted molar refractivity (Wildman–Crippen MR) is 101 cm³/mol. The molecule has 3 fully saturated rings. The lowest BCUT2D eigenvalue weighted by atomic mass is 9.94. The number of hydrogen-bond donors (Lipinski definition) is 2. The lowest BCUT2D eigenvalue weighted by Gasteiger charge is -2.36. The second kappa shape index (κ2) is 7.67. The largest absolute Gasteiger partial charge is 0.368 e. The van der Waals surface area contributed by atoms with Gasteiger partial charge in [-0.05, 0) is 24.3 Å². The zero-order valence-corrected chi connectivity index (χ0v) is 15.5. The molecule has 1 aromatic carbocycles. The van der Waals surface area contributed by atoms with Crippen molar-refractivity contribution in [3.05, 3.63) is 35.9 Å². The minimum Gasteiger partial charge on any atom is -0.368 e. The number of nitrogens with two attached hydrogens (primary N) is 1. The zero-order chi connectivity index (χ0) is 17.9. The van der Waals surface area contributed by atoms with E-state index in [-0.39, 0.29) is 11.9 Å². The van der Waals surface area contributed by atoms with Gasteiger partial charge in [0.2, 0.25) is 17.0 Å². The van der Waals surface area contributed by atoms with E-state index < -0.39 is 0 Å². The number of nitrogens with one attached hydrogen (secondary N) is 1. The van der Waals surface area contributed by atoms with Crippen LogP contribution < -0.4 is 5.73 Å². The second-order valence-electron chi connectivity index (χ2n) is 7.10. The molecule has 2 bridgehead atoms. The Balaban J connectivity index is 1.37. The molecule has 5 rings (SSSR count). The number of hydrogen-bond acceptors (Lipinski definition) is 6. The third-order valence-corrected chi connectivity index (χ3v) is 6.05. The average Bonchev–Trinajstić information content (AvgIpc) is 2.87. The van der Waals surface area contributed by atoms with Crippen LogP contribution in [0.25, 0.3) is 0 Å². The SMILES string of the molecule is Nc1nc(SCC(=O)N2C[C@H]3CC[C@@H](C2)N(Cc2ccccc2)C3)n[nH]1. The van der Waals surface area contributed by atoms with E-state index >= 15 is 0 Å². The first-order valence-electron chi connectivity index (χ1n) is 9.04. The van der Waals surface area contributed by atoms with Crippen molar-refractivity contribution in [2.75, 3.05) is 31.1 Å². The molecular weight excluding hydrogens is 348 g/mol. The summed E-state index contributed by atoms with van der Waals surface area (Å²) in [7, 11) is 0. The van der Waals surface area contributed by atoms with E-state index in [0.717, 1.165) is 26.2 Å². The van der Waals surface area contributed by atoms with E-state index in [4.69, 9.17) is 5.73 Å². The molecule has 138 valence electrons. The Morgan fingerprint density at radius 2 is 2.08 bits per heavy atom. The van der Waals surface area contributed by atoms with Gasteiger partial charge in [-0.25, -0.2) is 5.10 Å². The minimum absolute atomic E-state index is 0.164. The van der Waals surface area contributed by atoms with Gasteiger partial charge in [0.25, 0.3) is 0 Å². The lowest BCUT2D eigenvalue weighted by Crippen LogP contribution is -2.44. The highest BCUT2D eigenvalue weighted by atomic mass is 32.2. The molecule has 7 nitrogen and oxygen atoms in total. The Morgan fingerprint density at radius 1 is 1.23 bits per heavy atom. The van der Waals surface area contributed by atoms with Crippen LogP contribution in [0.5, 0.6) is 0 Å². The Labute approximate surface area is 157 Å². The fourth-order valence-electron chi connectivity index (χ4n) is 3.93. The maximum absolute atomic E-state index is 12.7. The molecule has 2 aromatic rings. The molecular formula is C18H24N6OS. The minimum atomic E-state index is 0.164. The first-order valence-corrected chi connectivity index (χ1v) is 10.0. The van der Waals surface area contributed by atoms with Gasteiger partial charge in [-0.1, -0.05) is 42.1 Å². The Kier molecular flexibility index (Phi) is 5.12. The van der Waals surface area contributed by atoms with Crippen LogP contribution in [-0.4, -0.2) is 62.3 Å². The Hall–Kier alpha value is -2.06. The average molecular weight is 372 g/mol. The number of amides is 1. The van der Waals surface area contributed by atoms with Crippen molar-refractivity contribution in [3.8, 4) is 0 Å². The highest BCUT2D eigenvalue weighted by Crippen LogP contribution is 2.29. The van der Waals surface area contributed by atoms with Crippen LogP contribution >= 0.6 is 11.8 Å². The molecule has 0 spiro atoms. The summed E-state index contributed by atoms with van der Waals surface area (Å²) >= 11 is 1.34. The van der Waals surface area contributed by atoms with Crippen LogP contribution in [0.3, 0.4) is 0 Å². The number of anilines is 1. The molecule has 2 atom stereocenters. The third-order valence-electron chi connectivity index (χ3n) is 5.22. The lowest BCUT2D eigenvalue weighted by molar-refractivity contribution is -0.128. The summed E-state index contributed by atoms with van der Waals surface area (Å²) in [5.41, 5.74) is 6.87.